The van der Waals surface area contributed by atoms with Crippen LogP contribution in [0.25, 0.3) is 0 Å². The normalized spacial score (nSPS) is 9.86. The SMILES string of the molecule is Cc1cc(Br)oc1C(=O)NCC(=O)O. The fraction of sp³-hybridized carbons (Fsp3) is 0.250. The van der Waals surface area contributed by atoms with E-state index in [2.05, 4.69) is 21.2 Å². The molecule has 0 bridgehead atoms. The van der Waals surface area contributed by atoms with E-state index in [9.17, 15) is 9.59 Å². The van der Waals surface area contributed by atoms with Gasteiger partial charge in [-0.25, -0.2) is 0 Å². The number of aliphatic carboxylic acids is 1. The van der Waals surface area contributed by atoms with Crippen LogP contribution in [-0.4, -0.2) is 23.5 Å². The number of carbonyl (C=O) groups excluding carboxylic acids is 1. The first-order valence-electron chi connectivity index (χ1n) is 3.76. The summed E-state index contributed by atoms with van der Waals surface area (Å²) in [4.78, 5) is 21.5. The summed E-state index contributed by atoms with van der Waals surface area (Å²) in [5, 5.41) is 10.5. The van der Waals surface area contributed by atoms with Crippen molar-refractivity contribution >= 4 is 27.8 Å². The lowest BCUT2D eigenvalue weighted by atomic mass is 10.3. The van der Waals surface area contributed by atoms with Crippen molar-refractivity contribution in [3.8, 4) is 0 Å². The molecule has 0 aliphatic rings. The molecule has 0 radical (unpaired) electrons. The van der Waals surface area contributed by atoms with Crippen molar-refractivity contribution in [3.05, 3.63) is 22.1 Å². The number of amides is 1. The Kier molecular flexibility index (Phi) is 3.29. The highest BCUT2D eigenvalue weighted by molar-refractivity contribution is 9.10. The van der Waals surface area contributed by atoms with Crippen molar-refractivity contribution < 1.29 is 19.1 Å². The number of aryl methyl sites for hydroxylation is 1. The summed E-state index contributed by atoms with van der Waals surface area (Å²) < 4.78 is 5.46. The van der Waals surface area contributed by atoms with Gasteiger partial charge in [0.2, 0.25) is 0 Å². The maximum atomic E-state index is 11.3. The number of hydrogen-bond acceptors (Lipinski definition) is 3. The average molecular weight is 262 g/mol. The van der Waals surface area contributed by atoms with Crippen molar-refractivity contribution in [1.29, 1.82) is 0 Å². The van der Waals surface area contributed by atoms with Crippen molar-refractivity contribution in [2.75, 3.05) is 6.54 Å². The van der Waals surface area contributed by atoms with Crippen molar-refractivity contribution in [2.45, 2.75) is 6.92 Å². The number of hydrogen-bond donors (Lipinski definition) is 2. The van der Waals surface area contributed by atoms with Crippen molar-refractivity contribution in [3.63, 3.8) is 0 Å². The molecule has 6 heteroatoms. The first kappa shape index (κ1) is 10.8. The minimum absolute atomic E-state index is 0.123. The number of carboxylic acid groups (broad SMARTS) is 1. The molecule has 0 aromatic carbocycles. The summed E-state index contributed by atoms with van der Waals surface area (Å²) in [5.41, 5.74) is 0.653. The molecule has 0 spiro atoms. The Labute approximate surface area is 88.2 Å². The van der Waals surface area contributed by atoms with Crippen molar-refractivity contribution in [2.24, 2.45) is 0 Å². The van der Waals surface area contributed by atoms with E-state index >= 15 is 0 Å². The van der Waals surface area contributed by atoms with Gasteiger partial charge in [0.1, 0.15) is 6.54 Å². The van der Waals surface area contributed by atoms with Gasteiger partial charge in [-0.05, 0) is 28.9 Å². The zero-order valence-electron chi connectivity index (χ0n) is 7.33. The smallest absolute Gasteiger partial charge is 0.322 e. The van der Waals surface area contributed by atoms with Crippen LogP contribution in [0.1, 0.15) is 16.1 Å². The fourth-order valence-electron chi connectivity index (χ4n) is 0.905. The Bertz CT molecular complexity index is 371. The second kappa shape index (κ2) is 4.28. The Morgan fingerprint density at radius 3 is 2.71 bits per heavy atom. The van der Waals surface area contributed by atoms with Crippen molar-refractivity contribution in [1.82, 2.24) is 5.32 Å². The van der Waals surface area contributed by atoms with Gasteiger partial charge in [0, 0.05) is 5.56 Å². The lowest BCUT2D eigenvalue weighted by molar-refractivity contribution is -0.135. The lowest BCUT2D eigenvalue weighted by Crippen LogP contribution is -2.29. The predicted octanol–water partition coefficient (Wildman–Crippen LogP) is 1.16. The van der Waals surface area contributed by atoms with Crippen LogP contribution in [0.2, 0.25) is 0 Å². The lowest BCUT2D eigenvalue weighted by Gasteiger charge is -1.99. The number of rotatable bonds is 3. The van der Waals surface area contributed by atoms with Crippen LogP contribution in [0.5, 0.6) is 0 Å². The van der Waals surface area contributed by atoms with Gasteiger partial charge in [-0.3, -0.25) is 9.59 Å². The van der Waals surface area contributed by atoms with Crippen LogP contribution in [-0.2, 0) is 4.79 Å². The minimum atomic E-state index is -1.10. The Morgan fingerprint density at radius 1 is 1.64 bits per heavy atom. The summed E-state index contributed by atoms with van der Waals surface area (Å²) >= 11 is 3.07. The molecule has 14 heavy (non-hydrogen) atoms. The minimum Gasteiger partial charge on any atom is -0.480 e. The van der Waals surface area contributed by atoms with Gasteiger partial charge in [0.05, 0.1) is 0 Å². The molecule has 0 fully saturated rings. The second-order valence-corrected chi connectivity index (χ2v) is 3.42. The van der Waals surface area contributed by atoms with E-state index in [1.165, 1.54) is 0 Å². The molecule has 0 aliphatic heterocycles. The van der Waals surface area contributed by atoms with E-state index < -0.39 is 18.4 Å². The van der Waals surface area contributed by atoms with E-state index in [0.29, 0.717) is 10.2 Å². The molecule has 5 nitrogen and oxygen atoms in total. The highest BCUT2D eigenvalue weighted by Gasteiger charge is 2.15. The summed E-state index contributed by atoms with van der Waals surface area (Å²) in [7, 11) is 0. The average Bonchev–Trinajstić information content (AvgIpc) is 2.41. The van der Waals surface area contributed by atoms with Gasteiger partial charge in [-0.2, -0.15) is 0 Å². The molecule has 76 valence electrons. The van der Waals surface area contributed by atoms with Crippen LogP contribution in [0.3, 0.4) is 0 Å². The fourth-order valence-corrected chi connectivity index (χ4v) is 1.41. The van der Waals surface area contributed by atoms with Gasteiger partial charge in [-0.15, -0.1) is 0 Å². The van der Waals surface area contributed by atoms with Crippen LogP contribution in [0, 0.1) is 6.92 Å². The number of furan rings is 1. The van der Waals surface area contributed by atoms with Crippen LogP contribution >= 0.6 is 15.9 Å². The third kappa shape index (κ3) is 2.59. The number of halogens is 1. The van der Waals surface area contributed by atoms with Crippen LogP contribution in [0.15, 0.2) is 15.2 Å². The summed E-state index contributed by atoms with van der Waals surface area (Å²) in [6, 6.07) is 1.63. The van der Waals surface area contributed by atoms with E-state index in [1.807, 2.05) is 0 Å². The largest absolute Gasteiger partial charge is 0.480 e. The Hall–Kier alpha value is -1.30. The maximum Gasteiger partial charge on any atom is 0.322 e. The zero-order valence-corrected chi connectivity index (χ0v) is 8.92. The molecule has 1 aromatic heterocycles. The predicted molar refractivity (Wildman–Crippen MR) is 51.1 cm³/mol. The van der Waals surface area contributed by atoms with Gasteiger partial charge in [-0.1, -0.05) is 0 Å². The molecule has 0 saturated heterocycles. The molecule has 1 amide bonds. The summed E-state index contributed by atoms with van der Waals surface area (Å²) in [6.45, 7) is 1.28. The molecule has 1 heterocycles. The first-order chi connectivity index (χ1) is 6.50. The van der Waals surface area contributed by atoms with E-state index in [0.717, 1.165) is 0 Å². The number of carbonyl (C=O) groups is 2. The number of carboxylic acids is 1. The van der Waals surface area contributed by atoms with E-state index in [-0.39, 0.29) is 5.76 Å². The second-order valence-electron chi connectivity index (χ2n) is 2.64. The maximum absolute atomic E-state index is 11.3. The Balaban J connectivity index is 2.69. The standard InChI is InChI=1S/C8H8BrNO4/c1-4-2-5(9)14-7(4)8(13)10-3-6(11)12/h2H,3H2,1H3,(H,10,13)(H,11,12). The summed E-state index contributed by atoms with van der Waals surface area (Å²) in [5.74, 6) is -1.50. The van der Waals surface area contributed by atoms with Gasteiger partial charge in [0.25, 0.3) is 5.91 Å². The third-order valence-corrected chi connectivity index (χ3v) is 1.88. The third-order valence-electron chi connectivity index (χ3n) is 1.49. The molecule has 0 unspecified atom stereocenters. The molecule has 0 atom stereocenters. The molecule has 0 aliphatic carbocycles. The number of nitrogens with one attached hydrogen (secondary N) is 1. The Morgan fingerprint density at radius 2 is 2.29 bits per heavy atom. The molecule has 2 N–H and O–H groups in total. The van der Waals surface area contributed by atoms with E-state index in [4.69, 9.17) is 9.52 Å². The molecule has 1 aromatic rings. The highest BCUT2D eigenvalue weighted by Crippen LogP contribution is 2.19. The molecular weight excluding hydrogens is 254 g/mol. The van der Waals surface area contributed by atoms with E-state index in [1.54, 1.807) is 13.0 Å². The van der Waals surface area contributed by atoms with Crippen LogP contribution < -0.4 is 5.32 Å². The quantitative estimate of drug-likeness (QED) is 0.856. The molecule has 0 saturated carbocycles. The molecular formula is C8H8BrNO4. The zero-order chi connectivity index (χ0) is 10.7. The van der Waals surface area contributed by atoms with Gasteiger partial charge < -0.3 is 14.8 Å². The summed E-state index contributed by atoms with van der Waals surface area (Å²) in [6.07, 6.45) is 0. The van der Waals surface area contributed by atoms with Crippen LogP contribution in [0.4, 0.5) is 0 Å². The van der Waals surface area contributed by atoms with Gasteiger partial charge in [0.15, 0.2) is 10.4 Å². The molecule has 1 rings (SSSR count). The highest BCUT2D eigenvalue weighted by atomic mass is 79.9. The van der Waals surface area contributed by atoms with Gasteiger partial charge >= 0.3 is 5.97 Å². The monoisotopic (exact) mass is 261 g/mol. The first-order valence-corrected chi connectivity index (χ1v) is 4.56. The topological polar surface area (TPSA) is 79.5 Å².